The van der Waals surface area contributed by atoms with E-state index in [1.807, 2.05) is 31.2 Å². The zero-order valence-corrected chi connectivity index (χ0v) is 16.3. The number of fused-ring (bicyclic) bond motifs is 1. The number of aromatic nitrogens is 1. The van der Waals surface area contributed by atoms with Gasteiger partial charge in [0, 0.05) is 12.1 Å². The molecule has 0 fully saturated rings. The molecule has 0 saturated heterocycles. The third kappa shape index (κ3) is 4.20. The predicted octanol–water partition coefficient (Wildman–Crippen LogP) is 4.03. The SMILES string of the molecule is C[C@@H](c1nc2ccccc2s1)N(C)C(=O)COC(=O)c1cc(Cl)ccc1O. The number of carbonyl (C=O) groups excluding carboxylic acids is 2. The van der Waals surface area contributed by atoms with Gasteiger partial charge >= 0.3 is 5.97 Å². The summed E-state index contributed by atoms with van der Waals surface area (Å²) in [6.07, 6.45) is 0. The number of hydrogen-bond acceptors (Lipinski definition) is 6. The highest BCUT2D eigenvalue weighted by Crippen LogP contribution is 2.29. The molecule has 0 unspecified atom stereocenters. The van der Waals surface area contributed by atoms with Gasteiger partial charge in [-0.2, -0.15) is 0 Å². The average Bonchev–Trinajstić information content (AvgIpc) is 3.10. The molecule has 1 amide bonds. The summed E-state index contributed by atoms with van der Waals surface area (Å²) in [4.78, 5) is 30.5. The molecule has 2 aromatic carbocycles. The van der Waals surface area contributed by atoms with Gasteiger partial charge in [0.1, 0.15) is 16.3 Å². The number of aromatic hydroxyl groups is 1. The summed E-state index contributed by atoms with van der Waals surface area (Å²) in [5.41, 5.74) is 0.797. The molecule has 0 aliphatic carbocycles. The standard InChI is InChI=1S/C19H17ClN2O4S/c1-11(18-21-14-5-3-4-6-16(14)27-18)22(2)17(24)10-26-19(25)13-9-12(20)7-8-15(13)23/h3-9,11,23H,10H2,1-2H3/t11-/m0/s1. The molecule has 1 N–H and O–H groups in total. The smallest absolute Gasteiger partial charge is 0.342 e. The Hall–Kier alpha value is -2.64. The summed E-state index contributed by atoms with van der Waals surface area (Å²) >= 11 is 7.33. The van der Waals surface area contributed by atoms with E-state index in [9.17, 15) is 14.7 Å². The number of likely N-dealkylation sites (N-methyl/N-ethyl adjacent to an activating group) is 1. The van der Waals surface area contributed by atoms with E-state index in [1.165, 1.54) is 34.4 Å². The van der Waals surface area contributed by atoms with Crippen molar-refractivity contribution in [2.45, 2.75) is 13.0 Å². The molecule has 1 aromatic heterocycles. The Kier molecular flexibility index (Phi) is 5.62. The van der Waals surface area contributed by atoms with Crippen molar-refractivity contribution in [1.82, 2.24) is 9.88 Å². The van der Waals surface area contributed by atoms with Crippen LogP contribution in [0.2, 0.25) is 5.02 Å². The number of esters is 1. The Morgan fingerprint density at radius 2 is 2.04 bits per heavy atom. The highest BCUT2D eigenvalue weighted by atomic mass is 35.5. The summed E-state index contributed by atoms with van der Waals surface area (Å²) in [5.74, 6) is -1.45. The van der Waals surface area contributed by atoms with Gasteiger partial charge in [0.05, 0.1) is 16.3 Å². The molecule has 1 atom stereocenters. The van der Waals surface area contributed by atoms with Crippen LogP contribution in [0.15, 0.2) is 42.5 Å². The molecule has 0 aliphatic rings. The number of phenolic OH excluding ortho intramolecular Hbond substituents is 1. The zero-order valence-electron chi connectivity index (χ0n) is 14.7. The second-order valence-electron chi connectivity index (χ2n) is 5.94. The topological polar surface area (TPSA) is 79.7 Å². The van der Waals surface area contributed by atoms with E-state index >= 15 is 0 Å². The van der Waals surface area contributed by atoms with Gasteiger partial charge in [-0.05, 0) is 37.3 Å². The van der Waals surface area contributed by atoms with Crippen molar-refractivity contribution >= 4 is 45.0 Å². The largest absolute Gasteiger partial charge is 0.507 e. The average molecular weight is 405 g/mol. The fourth-order valence-electron chi connectivity index (χ4n) is 2.43. The van der Waals surface area contributed by atoms with Gasteiger partial charge in [-0.25, -0.2) is 9.78 Å². The normalized spacial score (nSPS) is 12.0. The number of benzene rings is 2. The fraction of sp³-hybridized carbons (Fsp3) is 0.211. The number of amides is 1. The third-order valence-electron chi connectivity index (χ3n) is 4.15. The Labute approximate surface area is 165 Å². The molecule has 8 heteroatoms. The first-order valence-electron chi connectivity index (χ1n) is 8.13. The lowest BCUT2D eigenvalue weighted by Gasteiger charge is -2.23. The minimum Gasteiger partial charge on any atom is -0.507 e. The number of carbonyl (C=O) groups is 2. The maximum atomic E-state index is 12.4. The quantitative estimate of drug-likeness (QED) is 0.649. The Morgan fingerprint density at radius 3 is 2.78 bits per heavy atom. The van der Waals surface area contributed by atoms with Crippen LogP contribution >= 0.6 is 22.9 Å². The van der Waals surface area contributed by atoms with Crippen molar-refractivity contribution in [2.24, 2.45) is 0 Å². The van der Waals surface area contributed by atoms with E-state index in [0.29, 0.717) is 0 Å². The molecule has 27 heavy (non-hydrogen) atoms. The van der Waals surface area contributed by atoms with E-state index in [0.717, 1.165) is 15.2 Å². The Morgan fingerprint density at radius 1 is 1.30 bits per heavy atom. The summed E-state index contributed by atoms with van der Waals surface area (Å²) < 4.78 is 6.07. The first-order chi connectivity index (χ1) is 12.9. The maximum absolute atomic E-state index is 12.4. The highest BCUT2D eigenvalue weighted by molar-refractivity contribution is 7.18. The van der Waals surface area contributed by atoms with E-state index in [2.05, 4.69) is 4.98 Å². The lowest BCUT2D eigenvalue weighted by Crippen LogP contribution is -2.33. The minimum atomic E-state index is -0.815. The molecule has 0 radical (unpaired) electrons. The van der Waals surface area contributed by atoms with E-state index in [-0.39, 0.29) is 28.3 Å². The van der Waals surface area contributed by atoms with E-state index < -0.39 is 12.6 Å². The van der Waals surface area contributed by atoms with Gasteiger partial charge < -0.3 is 14.7 Å². The number of hydrogen-bond donors (Lipinski definition) is 1. The summed E-state index contributed by atoms with van der Waals surface area (Å²) in [5, 5.41) is 10.8. The molecule has 6 nitrogen and oxygen atoms in total. The molecule has 3 rings (SSSR count). The van der Waals surface area contributed by atoms with Crippen LogP contribution in [-0.4, -0.2) is 40.5 Å². The molecule has 0 saturated carbocycles. The van der Waals surface area contributed by atoms with E-state index in [1.54, 1.807) is 7.05 Å². The van der Waals surface area contributed by atoms with Crippen molar-refractivity contribution < 1.29 is 19.4 Å². The van der Waals surface area contributed by atoms with Crippen LogP contribution < -0.4 is 0 Å². The van der Waals surface area contributed by atoms with Crippen LogP contribution in [0.1, 0.15) is 28.3 Å². The monoisotopic (exact) mass is 404 g/mol. The van der Waals surface area contributed by atoms with Crippen LogP contribution in [0.25, 0.3) is 10.2 Å². The first kappa shape index (κ1) is 19.1. The van der Waals surface area contributed by atoms with Gasteiger partial charge in [-0.1, -0.05) is 23.7 Å². The minimum absolute atomic E-state index is 0.0859. The lowest BCUT2D eigenvalue weighted by atomic mass is 10.2. The highest BCUT2D eigenvalue weighted by Gasteiger charge is 2.22. The number of ether oxygens (including phenoxy) is 1. The van der Waals surface area contributed by atoms with Gasteiger partial charge in [0.15, 0.2) is 6.61 Å². The molecule has 140 valence electrons. The predicted molar refractivity (Wildman–Crippen MR) is 104 cm³/mol. The van der Waals surface area contributed by atoms with Crippen molar-refractivity contribution in [1.29, 1.82) is 0 Å². The number of phenols is 1. The Balaban J connectivity index is 1.64. The van der Waals surface area contributed by atoms with Crippen molar-refractivity contribution in [3.8, 4) is 5.75 Å². The van der Waals surface area contributed by atoms with Gasteiger partial charge in [-0.15, -0.1) is 11.3 Å². The number of halogens is 1. The van der Waals surface area contributed by atoms with Crippen molar-refractivity contribution in [3.05, 3.63) is 58.1 Å². The zero-order chi connectivity index (χ0) is 19.6. The van der Waals surface area contributed by atoms with Crippen molar-refractivity contribution in [2.75, 3.05) is 13.7 Å². The molecular weight excluding hydrogens is 388 g/mol. The lowest BCUT2D eigenvalue weighted by molar-refractivity contribution is -0.135. The van der Waals surface area contributed by atoms with E-state index in [4.69, 9.17) is 16.3 Å². The molecule has 0 spiro atoms. The molecule has 0 bridgehead atoms. The number of nitrogens with zero attached hydrogens (tertiary/aromatic N) is 2. The molecule has 1 heterocycles. The molecular formula is C19H17ClN2O4S. The summed E-state index contributed by atoms with van der Waals surface area (Å²) in [6.45, 7) is 1.41. The van der Waals surface area contributed by atoms with Crippen LogP contribution in [-0.2, 0) is 9.53 Å². The van der Waals surface area contributed by atoms with Crippen molar-refractivity contribution in [3.63, 3.8) is 0 Å². The third-order valence-corrected chi connectivity index (χ3v) is 5.59. The number of rotatable bonds is 5. The number of thiazole rings is 1. The fourth-order valence-corrected chi connectivity index (χ4v) is 3.66. The second-order valence-corrected chi connectivity index (χ2v) is 7.44. The summed E-state index contributed by atoms with van der Waals surface area (Å²) in [7, 11) is 1.63. The first-order valence-corrected chi connectivity index (χ1v) is 9.33. The van der Waals surface area contributed by atoms with Crippen LogP contribution in [0, 0.1) is 0 Å². The number of para-hydroxylation sites is 1. The van der Waals surface area contributed by atoms with Gasteiger partial charge in [0.25, 0.3) is 5.91 Å². The summed E-state index contributed by atoms with van der Waals surface area (Å²) in [6, 6.07) is 11.5. The molecule has 3 aromatic rings. The molecule has 0 aliphatic heterocycles. The van der Waals surface area contributed by atoms with Gasteiger partial charge in [-0.3, -0.25) is 4.79 Å². The second kappa shape index (κ2) is 7.94. The van der Waals surface area contributed by atoms with Crippen LogP contribution in [0.5, 0.6) is 5.75 Å². The Bertz CT molecular complexity index is 971. The van der Waals surface area contributed by atoms with Crippen LogP contribution in [0.4, 0.5) is 0 Å². The maximum Gasteiger partial charge on any atom is 0.342 e. The van der Waals surface area contributed by atoms with Gasteiger partial charge in [0.2, 0.25) is 0 Å². The van der Waals surface area contributed by atoms with Crippen LogP contribution in [0.3, 0.4) is 0 Å².